The monoisotopic (exact) mass is 364 g/mol. The number of aromatic amines is 1. The molecule has 0 saturated carbocycles. The maximum Gasteiger partial charge on any atom is 0.330 e. The van der Waals surface area contributed by atoms with E-state index in [4.69, 9.17) is 9.84 Å². The molecular weight excluding hydrogens is 344 g/mol. The Morgan fingerprint density at radius 3 is 2.58 bits per heavy atom. The van der Waals surface area contributed by atoms with E-state index in [1.807, 2.05) is 4.98 Å². The highest BCUT2D eigenvalue weighted by molar-refractivity contribution is 7.99. The van der Waals surface area contributed by atoms with Gasteiger partial charge in [-0.1, -0.05) is 0 Å². The van der Waals surface area contributed by atoms with Crippen LogP contribution >= 0.6 is 11.8 Å². The van der Waals surface area contributed by atoms with E-state index in [2.05, 4.69) is 0 Å². The number of ether oxygens (including phenoxy) is 1. The minimum Gasteiger partial charge on any atom is -0.394 e. The van der Waals surface area contributed by atoms with Crippen molar-refractivity contribution in [3.8, 4) is 0 Å². The minimum absolute atomic E-state index is 0.0909. The van der Waals surface area contributed by atoms with Crippen LogP contribution in [0.1, 0.15) is 6.23 Å². The van der Waals surface area contributed by atoms with Crippen LogP contribution in [0.25, 0.3) is 0 Å². The molecule has 10 nitrogen and oxygen atoms in total. The van der Waals surface area contributed by atoms with Gasteiger partial charge in [0.25, 0.3) is 5.56 Å². The zero-order valence-electron chi connectivity index (χ0n) is 12.6. The van der Waals surface area contributed by atoms with Gasteiger partial charge in [-0.2, -0.15) is 11.8 Å². The van der Waals surface area contributed by atoms with Gasteiger partial charge in [0.15, 0.2) is 6.23 Å². The van der Waals surface area contributed by atoms with Crippen molar-refractivity contribution in [3.05, 3.63) is 33.1 Å². The van der Waals surface area contributed by atoms with Gasteiger partial charge in [0.2, 0.25) is 0 Å². The van der Waals surface area contributed by atoms with Crippen LogP contribution in [0.4, 0.5) is 0 Å². The molecule has 24 heavy (non-hydrogen) atoms. The number of aliphatic hydroxyl groups is 5. The summed E-state index contributed by atoms with van der Waals surface area (Å²) in [7, 11) is 0. The van der Waals surface area contributed by atoms with Crippen molar-refractivity contribution in [2.45, 2.75) is 36.7 Å². The SMILES string of the molecule is O=c1ccn([C@@H]2O[C@H](CSC[C@H](O)[C@@H](O)CO)[C@@H](O)[C@H]2O)c(=O)[nH]1. The summed E-state index contributed by atoms with van der Waals surface area (Å²) in [6, 6.07) is 1.10. The summed E-state index contributed by atoms with van der Waals surface area (Å²) >= 11 is 1.15. The van der Waals surface area contributed by atoms with Gasteiger partial charge in [0, 0.05) is 23.8 Å². The number of rotatable bonds is 7. The molecule has 1 fully saturated rings. The van der Waals surface area contributed by atoms with Crippen LogP contribution in [-0.4, -0.2) is 83.7 Å². The summed E-state index contributed by atoms with van der Waals surface area (Å²) in [6.07, 6.45) is -5.83. The van der Waals surface area contributed by atoms with Gasteiger partial charge in [0.1, 0.15) is 18.3 Å². The lowest BCUT2D eigenvalue weighted by Crippen LogP contribution is -2.37. The molecule has 1 aromatic heterocycles. The van der Waals surface area contributed by atoms with Crippen molar-refractivity contribution >= 4 is 11.8 Å². The lowest BCUT2D eigenvalue weighted by atomic mass is 10.1. The molecule has 0 bridgehead atoms. The molecule has 1 saturated heterocycles. The normalized spacial score (nSPS) is 29.5. The molecule has 0 radical (unpaired) electrons. The first kappa shape index (κ1) is 19.1. The second-order valence-corrected chi connectivity index (χ2v) is 6.49. The first-order valence-electron chi connectivity index (χ1n) is 7.23. The zero-order valence-corrected chi connectivity index (χ0v) is 13.4. The Hall–Kier alpha value is -1.21. The summed E-state index contributed by atoms with van der Waals surface area (Å²) in [4.78, 5) is 24.8. The summed E-state index contributed by atoms with van der Waals surface area (Å²) in [5.41, 5.74) is -1.36. The van der Waals surface area contributed by atoms with Crippen molar-refractivity contribution in [2.24, 2.45) is 0 Å². The van der Waals surface area contributed by atoms with E-state index in [1.165, 1.54) is 6.20 Å². The topological polar surface area (TPSA) is 165 Å². The summed E-state index contributed by atoms with van der Waals surface area (Å²) in [5.74, 6) is 0.274. The number of aliphatic hydroxyl groups excluding tert-OH is 5. The molecule has 0 unspecified atom stereocenters. The summed E-state index contributed by atoms with van der Waals surface area (Å²) < 4.78 is 6.46. The van der Waals surface area contributed by atoms with Crippen LogP contribution in [0.2, 0.25) is 0 Å². The number of aromatic nitrogens is 2. The maximum absolute atomic E-state index is 11.7. The number of nitrogens with one attached hydrogen (secondary N) is 1. The lowest BCUT2D eigenvalue weighted by molar-refractivity contribution is -0.0341. The highest BCUT2D eigenvalue weighted by atomic mass is 32.2. The zero-order chi connectivity index (χ0) is 17.9. The lowest BCUT2D eigenvalue weighted by Gasteiger charge is -2.18. The molecule has 2 rings (SSSR count). The highest BCUT2D eigenvalue weighted by Gasteiger charge is 2.43. The fourth-order valence-electron chi connectivity index (χ4n) is 2.26. The molecule has 0 aromatic carbocycles. The Labute approximate surface area is 140 Å². The van der Waals surface area contributed by atoms with E-state index in [1.54, 1.807) is 0 Å². The Morgan fingerprint density at radius 2 is 1.96 bits per heavy atom. The van der Waals surface area contributed by atoms with Gasteiger partial charge in [-0.15, -0.1) is 0 Å². The molecule has 0 spiro atoms. The standard InChI is InChI=1S/C13H20N2O8S/c16-3-6(17)7(18)4-24-5-8-10(20)11(21)12(23-8)15-2-1-9(19)14-13(15)22/h1-2,6-8,10-12,16-18,20-21H,3-5H2,(H,14,19,22)/t6-,7-,8+,10+,11+,12+/m0/s1. The molecule has 0 aliphatic carbocycles. The Bertz CT molecular complexity index is 649. The van der Waals surface area contributed by atoms with Gasteiger partial charge in [-0.05, 0) is 0 Å². The highest BCUT2D eigenvalue weighted by Crippen LogP contribution is 2.30. The second kappa shape index (κ2) is 8.25. The number of H-pyrrole nitrogens is 1. The van der Waals surface area contributed by atoms with Crippen molar-refractivity contribution in [3.63, 3.8) is 0 Å². The van der Waals surface area contributed by atoms with Gasteiger partial charge in [0.05, 0.1) is 18.8 Å². The predicted molar refractivity (Wildman–Crippen MR) is 83.7 cm³/mol. The van der Waals surface area contributed by atoms with E-state index >= 15 is 0 Å². The number of thioether (sulfide) groups is 1. The summed E-state index contributed by atoms with van der Waals surface area (Å²) in [5, 5.41) is 47.6. The van der Waals surface area contributed by atoms with Crippen LogP contribution in [0, 0.1) is 0 Å². The molecule has 11 heteroatoms. The maximum atomic E-state index is 11.7. The minimum atomic E-state index is -1.37. The van der Waals surface area contributed by atoms with E-state index in [0.29, 0.717) is 0 Å². The molecule has 1 aromatic rings. The third kappa shape index (κ3) is 4.25. The Kier molecular flexibility index (Phi) is 6.57. The first-order valence-corrected chi connectivity index (χ1v) is 8.38. The molecule has 6 atom stereocenters. The van der Waals surface area contributed by atoms with Crippen LogP contribution < -0.4 is 11.2 Å². The number of nitrogens with zero attached hydrogens (tertiary/aromatic N) is 1. The summed E-state index contributed by atoms with van der Waals surface area (Å²) in [6.45, 7) is -0.569. The van der Waals surface area contributed by atoms with Crippen LogP contribution in [-0.2, 0) is 4.74 Å². The number of hydrogen-bond donors (Lipinski definition) is 6. The third-order valence-corrected chi connectivity index (χ3v) is 4.81. The predicted octanol–water partition coefficient (Wildman–Crippen LogP) is -3.40. The third-order valence-electron chi connectivity index (χ3n) is 3.66. The molecular formula is C13H20N2O8S. The van der Waals surface area contributed by atoms with Crippen LogP contribution in [0.3, 0.4) is 0 Å². The van der Waals surface area contributed by atoms with Gasteiger partial charge >= 0.3 is 5.69 Å². The molecule has 0 amide bonds. The van der Waals surface area contributed by atoms with Gasteiger partial charge in [-0.25, -0.2) is 4.79 Å². The van der Waals surface area contributed by atoms with Gasteiger partial charge in [-0.3, -0.25) is 14.3 Å². The molecule has 136 valence electrons. The van der Waals surface area contributed by atoms with E-state index in [-0.39, 0.29) is 11.5 Å². The Morgan fingerprint density at radius 1 is 1.25 bits per heavy atom. The fraction of sp³-hybridized carbons (Fsp3) is 0.692. The average Bonchev–Trinajstić information content (AvgIpc) is 2.82. The molecule has 2 heterocycles. The van der Waals surface area contributed by atoms with Crippen molar-refractivity contribution < 1.29 is 30.3 Å². The fourth-order valence-corrected chi connectivity index (χ4v) is 3.37. The quantitative estimate of drug-likeness (QED) is 0.289. The van der Waals surface area contributed by atoms with E-state index in [9.17, 15) is 30.0 Å². The van der Waals surface area contributed by atoms with Crippen molar-refractivity contribution in [2.75, 3.05) is 18.1 Å². The van der Waals surface area contributed by atoms with Crippen molar-refractivity contribution in [1.29, 1.82) is 0 Å². The number of hydrogen-bond acceptors (Lipinski definition) is 9. The van der Waals surface area contributed by atoms with Crippen LogP contribution in [0.15, 0.2) is 21.9 Å². The molecule has 6 N–H and O–H groups in total. The largest absolute Gasteiger partial charge is 0.394 e. The first-order chi connectivity index (χ1) is 11.3. The van der Waals surface area contributed by atoms with Crippen molar-refractivity contribution in [1.82, 2.24) is 9.55 Å². The molecule has 1 aliphatic heterocycles. The molecule has 1 aliphatic rings. The second-order valence-electron chi connectivity index (χ2n) is 5.42. The Balaban J connectivity index is 1.97. The van der Waals surface area contributed by atoms with E-state index < -0.39 is 54.6 Å². The van der Waals surface area contributed by atoms with E-state index in [0.717, 1.165) is 22.4 Å². The van der Waals surface area contributed by atoms with Crippen LogP contribution in [0.5, 0.6) is 0 Å². The smallest absolute Gasteiger partial charge is 0.330 e. The average molecular weight is 364 g/mol. The van der Waals surface area contributed by atoms with Gasteiger partial charge < -0.3 is 30.3 Å².